The Bertz CT molecular complexity index is 836. The highest BCUT2D eigenvalue weighted by Crippen LogP contribution is 2.42. The maximum absolute atomic E-state index is 3.60. The van der Waals surface area contributed by atoms with Crippen LogP contribution in [-0.4, -0.2) is 0 Å². The van der Waals surface area contributed by atoms with E-state index in [1.165, 1.54) is 33.4 Å². The zero-order valence-corrected chi connectivity index (χ0v) is 16.9. The van der Waals surface area contributed by atoms with Crippen molar-refractivity contribution in [1.29, 1.82) is 0 Å². The molecule has 0 fully saturated rings. The molecule has 0 nitrogen and oxygen atoms in total. The molecule has 0 heterocycles. The maximum atomic E-state index is 3.60. The molecule has 0 aliphatic rings. The Hall–Kier alpha value is -2.34. The number of aryl methyl sites for hydroxylation is 2. The molecule has 0 amide bonds. The van der Waals surface area contributed by atoms with E-state index < -0.39 is 0 Å². The fraction of sp³-hybridized carbons (Fsp3) is 0.308. The van der Waals surface area contributed by atoms with Gasteiger partial charge in [-0.2, -0.15) is 0 Å². The van der Waals surface area contributed by atoms with Crippen molar-refractivity contribution in [3.05, 3.63) is 106 Å². The van der Waals surface area contributed by atoms with Crippen molar-refractivity contribution in [3.63, 3.8) is 0 Å². The topological polar surface area (TPSA) is 0 Å². The predicted octanol–water partition coefficient (Wildman–Crippen LogP) is 6.76. The summed E-state index contributed by atoms with van der Waals surface area (Å²) < 4.78 is 0. The lowest BCUT2D eigenvalue weighted by atomic mass is 9.67. The Balaban J connectivity index is 2.21. The minimum absolute atomic E-state index is 0.0849. The Morgan fingerprint density at radius 1 is 0.577 bits per heavy atom. The Kier molecular flexibility index (Phi) is 4.80. The predicted molar refractivity (Wildman–Crippen MR) is 112 cm³/mol. The van der Waals surface area contributed by atoms with Gasteiger partial charge in [0, 0.05) is 10.8 Å². The van der Waals surface area contributed by atoms with Gasteiger partial charge >= 0.3 is 0 Å². The molecule has 0 aliphatic heterocycles. The van der Waals surface area contributed by atoms with Crippen LogP contribution in [0, 0.1) is 19.9 Å². The van der Waals surface area contributed by atoms with Crippen LogP contribution in [0.2, 0.25) is 0 Å². The fourth-order valence-corrected chi connectivity index (χ4v) is 4.30. The largest absolute Gasteiger partial charge is 0.0620 e. The van der Waals surface area contributed by atoms with E-state index >= 15 is 0 Å². The van der Waals surface area contributed by atoms with Gasteiger partial charge in [0.1, 0.15) is 0 Å². The summed E-state index contributed by atoms with van der Waals surface area (Å²) in [6.45, 7) is 13.7. The first-order valence-corrected chi connectivity index (χ1v) is 9.40. The average Bonchev–Trinajstić information content (AvgIpc) is 2.62. The third-order valence-electron chi connectivity index (χ3n) is 5.79. The number of hydrogen-bond acceptors (Lipinski definition) is 0. The summed E-state index contributed by atoms with van der Waals surface area (Å²) in [5.74, 6) is 0. The molecular weight excluding hydrogens is 312 g/mol. The standard InChI is InChI=1S/C26H29/c1-19-13-7-9-15-21(19)25(3,4)23-17-11-12-18-24(23)26(5,6)22-16-10-8-14-20(22)2/h7-17H,1-6H3. The van der Waals surface area contributed by atoms with Gasteiger partial charge in [0.25, 0.3) is 0 Å². The van der Waals surface area contributed by atoms with E-state index in [9.17, 15) is 0 Å². The molecule has 3 rings (SSSR count). The van der Waals surface area contributed by atoms with Crippen molar-refractivity contribution >= 4 is 0 Å². The zero-order chi connectivity index (χ0) is 18.9. The van der Waals surface area contributed by atoms with Gasteiger partial charge in [0.2, 0.25) is 0 Å². The van der Waals surface area contributed by atoms with Gasteiger partial charge in [0.15, 0.2) is 0 Å². The van der Waals surface area contributed by atoms with Gasteiger partial charge < -0.3 is 0 Å². The molecule has 0 heteroatoms. The molecule has 26 heavy (non-hydrogen) atoms. The third kappa shape index (κ3) is 3.09. The van der Waals surface area contributed by atoms with E-state index in [0.717, 1.165) is 0 Å². The van der Waals surface area contributed by atoms with Gasteiger partial charge in [-0.1, -0.05) is 94.4 Å². The summed E-state index contributed by atoms with van der Waals surface area (Å²) in [5, 5.41) is 0. The molecule has 0 saturated heterocycles. The van der Waals surface area contributed by atoms with Crippen molar-refractivity contribution in [1.82, 2.24) is 0 Å². The van der Waals surface area contributed by atoms with Crippen LogP contribution < -0.4 is 0 Å². The second-order valence-corrected chi connectivity index (χ2v) is 8.34. The number of rotatable bonds is 4. The molecule has 0 bridgehead atoms. The minimum atomic E-state index is -0.109. The second kappa shape index (κ2) is 6.76. The van der Waals surface area contributed by atoms with Gasteiger partial charge in [-0.25, -0.2) is 0 Å². The first-order valence-electron chi connectivity index (χ1n) is 9.40. The van der Waals surface area contributed by atoms with Crippen LogP contribution in [0.25, 0.3) is 0 Å². The van der Waals surface area contributed by atoms with Crippen molar-refractivity contribution < 1.29 is 0 Å². The Labute approximate surface area is 158 Å². The molecule has 133 valence electrons. The smallest absolute Gasteiger partial charge is 0.0158 e. The molecule has 3 aromatic carbocycles. The van der Waals surface area contributed by atoms with Gasteiger partial charge in [0.05, 0.1) is 0 Å². The van der Waals surface area contributed by atoms with E-state index in [-0.39, 0.29) is 10.8 Å². The lowest BCUT2D eigenvalue weighted by molar-refractivity contribution is 0.573. The molecule has 0 unspecified atom stereocenters. The lowest BCUT2D eigenvalue weighted by Crippen LogP contribution is -2.29. The van der Waals surface area contributed by atoms with Crippen LogP contribution in [0.5, 0.6) is 0 Å². The van der Waals surface area contributed by atoms with E-state index in [1.54, 1.807) is 0 Å². The quantitative estimate of drug-likeness (QED) is 0.492. The highest BCUT2D eigenvalue weighted by Gasteiger charge is 2.34. The molecular formula is C26H29. The van der Waals surface area contributed by atoms with Gasteiger partial charge in [-0.05, 0) is 53.3 Å². The Morgan fingerprint density at radius 2 is 1.04 bits per heavy atom. The number of hydrogen-bond donors (Lipinski definition) is 0. The summed E-state index contributed by atoms with van der Waals surface area (Å²) in [6.07, 6.45) is 0. The highest BCUT2D eigenvalue weighted by molar-refractivity contribution is 5.51. The van der Waals surface area contributed by atoms with Crippen LogP contribution in [0.1, 0.15) is 61.1 Å². The molecule has 0 N–H and O–H groups in total. The first kappa shape index (κ1) is 18.5. The SMILES string of the molecule is Cc1ccccc1C(C)(C)c1[c]cccc1C(C)(C)c1ccccc1C. The minimum Gasteiger partial charge on any atom is -0.0620 e. The maximum Gasteiger partial charge on any atom is 0.0158 e. The molecule has 0 spiro atoms. The van der Waals surface area contributed by atoms with Crippen molar-refractivity contribution in [2.24, 2.45) is 0 Å². The van der Waals surface area contributed by atoms with Crippen LogP contribution >= 0.6 is 0 Å². The van der Waals surface area contributed by atoms with E-state index in [0.29, 0.717) is 0 Å². The molecule has 0 saturated carbocycles. The Morgan fingerprint density at radius 3 is 1.58 bits per heavy atom. The molecule has 1 radical (unpaired) electrons. The lowest BCUT2D eigenvalue weighted by Gasteiger charge is -2.36. The zero-order valence-electron chi connectivity index (χ0n) is 16.9. The van der Waals surface area contributed by atoms with Crippen molar-refractivity contribution in [2.45, 2.75) is 52.4 Å². The normalized spacial score (nSPS) is 12.2. The van der Waals surface area contributed by atoms with Crippen molar-refractivity contribution in [3.8, 4) is 0 Å². The average molecular weight is 342 g/mol. The molecule has 0 aliphatic carbocycles. The monoisotopic (exact) mass is 341 g/mol. The summed E-state index contributed by atoms with van der Waals surface area (Å²) >= 11 is 0. The first-order chi connectivity index (χ1) is 12.3. The highest BCUT2D eigenvalue weighted by atomic mass is 14.4. The van der Waals surface area contributed by atoms with Crippen LogP contribution in [0.15, 0.2) is 66.7 Å². The second-order valence-electron chi connectivity index (χ2n) is 8.34. The van der Waals surface area contributed by atoms with Crippen LogP contribution in [0.3, 0.4) is 0 Å². The summed E-state index contributed by atoms with van der Waals surface area (Å²) in [7, 11) is 0. The van der Waals surface area contributed by atoms with Crippen molar-refractivity contribution in [2.75, 3.05) is 0 Å². The van der Waals surface area contributed by atoms with Gasteiger partial charge in [-0.3, -0.25) is 0 Å². The van der Waals surface area contributed by atoms with E-state index in [1.807, 2.05) is 6.07 Å². The summed E-state index contributed by atoms with van der Waals surface area (Å²) in [5.41, 5.74) is 7.84. The molecule has 0 atom stereocenters. The van der Waals surface area contributed by atoms with E-state index in [4.69, 9.17) is 0 Å². The molecule has 3 aromatic rings. The van der Waals surface area contributed by atoms with E-state index in [2.05, 4.69) is 108 Å². The molecule has 0 aromatic heterocycles. The summed E-state index contributed by atoms with van der Waals surface area (Å²) in [4.78, 5) is 0. The van der Waals surface area contributed by atoms with Crippen LogP contribution in [0.4, 0.5) is 0 Å². The third-order valence-corrected chi connectivity index (χ3v) is 5.79. The van der Waals surface area contributed by atoms with Gasteiger partial charge in [-0.15, -0.1) is 0 Å². The summed E-state index contributed by atoms with van der Waals surface area (Å²) in [6, 6.07) is 27.5. The van der Waals surface area contributed by atoms with Crippen LogP contribution in [-0.2, 0) is 10.8 Å². The number of benzene rings is 3. The fourth-order valence-electron chi connectivity index (χ4n) is 4.30.